The molecular weight excluding hydrogens is 284 g/mol. The monoisotopic (exact) mass is 303 g/mol. The van der Waals surface area contributed by atoms with Crippen LogP contribution in [0.3, 0.4) is 0 Å². The number of methoxy groups -OCH3 is 1. The van der Waals surface area contributed by atoms with E-state index in [2.05, 4.69) is 0 Å². The van der Waals surface area contributed by atoms with Gasteiger partial charge in [0.05, 0.1) is 18.1 Å². The Bertz CT molecular complexity index is 699. The van der Waals surface area contributed by atoms with E-state index in [0.717, 1.165) is 11.1 Å². The van der Waals surface area contributed by atoms with E-state index < -0.39 is 4.92 Å². The first kappa shape index (κ1) is 15.8. The number of nitro benzene ring substituents is 1. The zero-order valence-electron chi connectivity index (χ0n) is 13.1. The van der Waals surface area contributed by atoms with Gasteiger partial charge in [-0.15, -0.1) is 0 Å². The molecule has 6 heteroatoms. The molecule has 0 aliphatic heterocycles. The fraction of sp³-hybridized carbons (Fsp3) is 0.312. The highest BCUT2D eigenvalue weighted by atomic mass is 16.6. The highest BCUT2D eigenvalue weighted by Crippen LogP contribution is 2.36. The van der Waals surface area contributed by atoms with Crippen molar-refractivity contribution in [1.29, 1.82) is 0 Å². The molecule has 1 aromatic carbocycles. The van der Waals surface area contributed by atoms with Gasteiger partial charge in [0.25, 0.3) is 0 Å². The van der Waals surface area contributed by atoms with Crippen molar-refractivity contribution >= 4 is 5.69 Å². The molecule has 1 heterocycles. The van der Waals surface area contributed by atoms with E-state index >= 15 is 0 Å². The predicted octanol–water partition coefficient (Wildman–Crippen LogP) is 2.88. The van der Waals surface area contributed by atoms with Gasteiger partial charge in [-0.2, -0.15) is 0 Å². The summed E-state index contributed by atoms with van der Waals surface area (Å²) in [6, 6.07) is 6.73. The van der Waals surface area contributed by atoms with Gasteiger partial charge in [0.2, 0.25) is 6.20 Å². The van der Waals surface area contributed by atoms with Crippen LogP contribution >= 0.6 is 0 Å². The third-order valence-electron chi connectivity index (χ3n) is 3.11. The Labute approximate surface area is 129 Å². The van der Waals surface area contributed by atoms with Gasteiger partial charge < -0.3 is 9.47 Å². The molecule has 0 saturated heterocycles. The maximum absolute atomic E-state index is 11.1. The third-order valence-corrected chi connectivity index (χ3v) is 3.11. The van der Waals surface area contributed by atoms with Crippen LogP contribution in [0.5, 0.6) is 11.5 Å². The van der Waals surface area contributed by atoms with E-state index in [1.807, 2.05) is 43.9 Å². The van der Waals surface area contributed by atoms with Crippen LogP contribution in [0.15, 0.2) is 36.7 Å². The van der Waals surface area contributed by atoms with Crippen LogP contribution in [0.4, 0.5) is 5.69 Å². The number of ether oxygens (including phenoxy) is 2. The summed E-state index contributed by atoms with van der Waals surface area (Å²) in [5.41, 5.74) is 1.61. The maximum Gasteiger partial charge on any atom is 0.310 e. The number of pyridine rings is 1. The highest BCUT2D eigenvalue weighted by Gasteiger charge is 2.19. The molecule has 1 aromatic heterocycles. The quantitative estimate of drug-likeness (QED) is 0.484. The standard InChI is InChI=1S/C16H19N2O4/c1-11(2)22-15-9-12(5-6-14(15)18(19)20)13-7-8-17(3)10-16(13)21-4/h5-11H,1-4H3/q+1. The van der Waals surface area contributed by atoms with Crippen molar-refractivity contribution < 1.29 is 19.0 Å². The van der Waals surface area contributed by atoms with Crippen LogP contribution in [-0.2, 0) is 7.05 Å². The molecule has 116 valence electrons. The summed E-state index contributed by atoms with van der Waals surface area (Å²) in [6.07, 6.45) is 3.59. The van der Waals surface area contributed by atoms with E-state index in [1.54, 1.807) is 19.2 Å². The molecule has 0 spiro atoms. The Balaban J connectivity index is 2.55. The number of hydrogen-bond acceptors (Lipinski definition) is 4. The first-order valence-corrected chi connectivity index (χ1v) is 6.91. The Morgan fingerprint density at radius 2 is 1.95 bits per heavy atom. The van der Waals surface area contributed by atoms with E-state index in [1.165, 1.54) is 6.07 Å². The Morgan fingerprint density at radius 3 is 2.55 bits per heavy atom. The van der Waals surface area contributed by atoms with Gasteiger partial charge in [0, 0.05) is 17.7 Å². The molecule has 0 N–H and O–H groups in total. The minimum Gasteiger partial charge on any atom is -0.490 e. The van der Waals surface area contributed by atoms with Crippen molar-refractivity contribution in [3.05, 3.63) is 46.8 Å². The van der Waals surface area contributed by atoms with Gasteiger partial charge in [-0.1, -0.05) is 0 Å². The smallest absolute Gasteiger partial charge is 0.310 e. The van der Waals surface area contributed by atoms with Crippen molar-refractivity contribution in [3.63, 3.8) is 0 Å². The minimum atomic E-state index is -0.441. The SMILES string of the molecule is COc1c[n+](C)ccc1-c1ccc([N+](=O)[O-])c(OC(C)C)c1. The Hall–Kier alpha value is -2.63. The van der Waals surface area contributed by atoms with Crippen LogP contribution in [0.1, 0.15) is 13.8 Å². The first-order valence-electron chi connectivity index (χ1n) is 6.91. The summed E-state index contributed by atoms with van der Waals surface area (Å²) < 4.78 is 12.8. The van der Waals surface area contributed by atoms with Crippen LogP contribution in [0.25, 0.3) is 11.1 Å². The predicted molar refractivity (Wildman–Crippen MR) is 82.0 cm³/mol. The summed E-state index contributed by atoms with van der Waals surface area (Å²) in [7, 11) is 3.49. The number of nitrogens with zero attached hydrogens (tertiary/aromatic N) is 2. The summed E-state index contributed by atoms with van der Waals surface area (Å²) in [5, 5.41) is 11.1. The molecule has 6 nitrogen and oxygen atoms in total. The number of rotatable bonds is 5. The molecular formula is C16H19N2O4+. The molecule has 0 saturated carbocycles. The molecule has 0 radical (unpaired) electrons. The minimum absolute atomic E-state index is 0.0436. The van der Waals surface area contributed by atoms with Gasteiger partial charge in [0.15, 0.2) is 17.7 Å². The van der Waals surface area contributed by atoms with Crippen LogP contribution < -0.4 is 14.0 Å². The fourth-order valence-electron chi connectivity index (χ4n) is 2.15. The van der Waals surface area contributed by atoms with Gasteiger partial charge in [-0.25, -0.2) is 4.57 Å². The topological polar surface area (TPSA) is 65.5 Å². The second kappa shape index (κ2) is 6.43. The lowest BCUT2D eigenvalue weighted by atomic mass is 10.1. The van der Waals surface area contributed by atoms with Crippen molar-refractivity contribution in [2.24, 2.45) is 7.05 Å². The molecule has 0 aliphatic rings. The second-order valence-electron chi connectivity index (χ2n) is 5.20. The van der Waals surface area contributed by atoms with Gasteiger partial charge >= 0.3 is 5.69 Å². The normalized spacial score (nSPS) is 10.6. The molecule has 0 bridgehead atoms. The molecule has 0 amide bonds. The molecule has 2 rings (SSSR count). The molecule has 0 atom stereocenters. The third kappa shape index (κ3) is 3.33. The number of nitro groups is 1. The van der Waals surface area contributed by atoms with Crippen LogP contribution in [-0.4, -0.2) is 18.1 Å². The Morgan fingerprint density at radius 1 is 1.23 bits per heavy atom. The molecule has 0 unspecified atom stereocenters. The van der Waals surface area contributed by atoms with Crippen molar-refractivity contribution in [2.45, 2.75) is 20.0 Å². The average molecular weight is 303 g/mol. The van der Waals surface area contributed by atoms with Crippen LogP contribution in [0, 0.1) is 10.1 Å². The van der Waals surface area contributed by atoms with Crippen molar-refractivity contribution in [3.8, 4) is 22.6 Å². The Kier molecular flexibility index (Phi) is 4.60. The largest absolute Gasteiger partial charge is 0.490 e. The number of hydrogen-bond donors (Lipinski definition) is 0. The van der Waals surface area contributed by atoms with E-state index in [9.17, 15) is 10.1 Å². The van der Waals surface area contributed by atoms with Gasteiger partial charge in [0.1, 0.15) is 7.05 Å². The number of aromatic nitrogens is 1. The molecule has 0 fully saturated rings. The van der Waals surface area contributed by atoms with E-state index in [4.69, 9.17) is 9.47 Å². The molecule has 22 heavy (non-hydrogen) atoms. The lowest BCUT2D eigenvalue weighted by molar-refractivity contribution is -0.671. The van der Waals surface area contributed by atoms with Crippen molar-refractivity contribution in [2.75, 3.05) is 7.11 Å². The second-order valence-corrected chi connectivity index (χ2v) is 5.20. The van der Waals surface area contributed by atoms with E-state index in [0.29, 0.717) is 5.75 Å². The highest BCUT2D eigenvalue weighted by molar-refractivity contribution is 5.72. The fourth-order valence-corrected chi connectivity index (χ4v) is 2.15. The summed E-state index contributed by atoms with van der Waals surface area (Å²) in [4.78, 5) is 10.7. The molecule has 0 aliphatic carbocycles. The van der Waals surface area contributed by atoms with Crippen molar-refractivity contribution in [1.82, 2.24) is 0 Å². The van der Waals surface area contributed by atoms with Gasteiger partial charge in [-0.05, 0) is 31.5 Å². The lowest BCUT2D eigenvalue weighted by Gasteiger charge is -2.12. The van der Waals surface area contributed by atoms with E-state index in [-0.39, 0.29) is 17.5 Å². The van der Waals surface area contributed by atoms with Crippen LogP contribution in [0.2, 0.25) is 0 Å². The first-order chi connectivity index (χ1) is 10.4. The maximum atomic E-state index is 11.1. The molecule has 2 aromatic rings. The van der Waals surface area contributed by atoms with Gasteiger partial charge in [-0.3, -0.25) is 10.1 Å². The number of benzene rings is 1. The average Bonchev–Trinajstić information content (AvgIpc) is 2.46. The number of aryl methyl sites for hydroxylation is 1. The summed E-state index contributed by atoms with van der Waals surface area (Å²) >= 11 is 0. The summed E-state index contributed by atoms with van der Waals surface area (Å²) in [5.74, 6) is 0.946. The zero-order chi connectivity index (χ0) is 16.3. The lowest BCUT2D eigenvalue weighted by Crippen LogP contribution is -2.26. The zero-order valence-corrected chi connectivity index (χ0v) is 13.1. The summed E-state index contributed by atoms with van der Waals surface area (Å²) in [6.45, 7) is 3.67.